The topological polar surface area (TPSA) is 55.1 Å². The molecule has 0 spiro atoms. The Morgan fingerprint density at radius 1 is 1.30 bits per heavy atom. The van der Waals surface area contributed by atoms with E-state index in [-0.39, 0.29) is 0 Å². The molecule has 1 aromatic rings. The fraction of sp³-hybridized carbons (Fsp3) is 0.571. The van der Waals surface area contributed by atoms with Crippen molar-refractivity contribution in [2.45, 2.75) is 51.7 Å². The average Bonchev–Trinajstić information content (AvgIpc) is 2.55. The molecule has 0 atom stereocenters. The minimum Gasteiger partial charge on any atom is -0.399 e. The highest BCUT2D eigenvalue weighted by Gasteiger charge is 2.52. The molecule has 0 amide bonds. The molecule has 0 radical (unpaired) electrons. The fourth-order valence-electron chi connectivity index (χ4n) is 2.07. The first-order valence-corrected chi connectivity index (χ1v) is 7.02. The Morgan fingerprint density at radius 2 is 1.90 bits per heavy atom. The van der Waals surface area contributed by atoms with Crippen LogP contribution in [0.1, 0.15) is 39.8 Å². The summed E-state index contributed by atoms with van der Waals surface area (Å²) in [5.74, 6) is 0. The van der Waals surface area contributed by atoms with Gasteiger partial charge in [-0.1, -0.05) is 11.6 Å². The van der Waals surface area contributed by atoms with Crippen molar-refractivity contribution >= 4 is 24.2 Å². The largest absolute Gasteiger partial charge is 0.498 e. The van der Waals surface area contributed by atoms with Gasteiger partial charge >= 0.3 is 7.12 Å². The first kappa shape index (κ1) is 15.3. The fourth-order valence-corrected chi connectivity index (χ4v) is 2.33. The highest BCUT2D eigenvalue weighted by molar-refractivity contribution is 6.66. The van der Waals surface area contributed by atoms with E-state index < -0.39 is 18.3 Å². The van der Waals surface area contributed by atoms with Crippen molar-refractivity contribution in [3.8, 4) is 6.07 Å². The Morgan fingerprint density at radius 3 is 2.45 bits per heavy atom. The highest BCUT2D eigenvalue weighted by atomic mass is 35.5. The molecule has 0 aromatic carbocycles. The molecule has 106 valence electrons. The van der Waals surface area contributed by atoms with Crippen LogP contribution in [0.5, 0.6) is 0 Å². The summed E-state index contributed by atoms with van der Waals surface area (Å²) in [5, 5.41) is 9.31. The minimum absolute atomic E-state index is 0.389. The van der Waals surface area contributed by atoms with Gasteiger partial charge in [-0.2, -0.15) is 5.26 Å². The summed E-state index contributed by atoms with van der Waals surface area (Å²) in [7, 11) is -0.546. The van der Waals surface area contributed by atoms with Gasteiger partial charge in [0, 0.05) is 35.2 Å². The van der Waals surface area contributed by atoms with Crippen molar-refractivity contribution in [2.24, 2.45) is 0 Å². The van der Waals surface area contributed by atoms with Crippen LogP contribution >= 0.6 is 11.6 Å². The van der Waals surface area contributed by atoms with Crippen molar-refractivity contribution in [1.29, 1.82) is 5.26 Å². The Hall–Kier alpha value is -1.09. The molecule has 0 bridgehead atoms. The highest BCUT2D eigenvalue weighted by Crippen LogP contribution is 2.37. The van der Waals surface area contributed by atoms with Crippen molar-refractivity contribution in [1.82, 2.24) is 4.98 Å². The molecule has 1 aliphatic heterocycles. The van der Waals surface area contributed by atoms with Crippen LogP contribution in [-0.4, -0.2) is 23.3 Å². The second-order valence-electron chi connectivity index (χ2n) is 5.90. The molecular weight excluding hydrogens is 274 g/mol. The van der Waals surface area contributed by atoms with E-state index in [1.54, 1.807) is 12.3 Å². The first-order chi connectivity index (χ1) is 9.28. The summed E-state index contributed by atoms with van der Waals surface area (Å²) >= 11 is 6.29. The molecule has 6 heteroatoms. The molecule has 0 N–H and O–H groups in total. The molecule has 20 heavy (non-hydrogen) atoms. The van der Waals surface area contributed by atoms with Crippen LogP contribution in [0.15, 0.2) is 12.3 Å². The molecule has 4 nitrogen and oxygen atoms in total. The lowest BCUT2D eigenvalue weighted by Gasteiger charge is -2.32. The van der Waals surface area contributed by atoms with E-state index in [9.17, 15) is 0 Å². The van der Waals surface area contributed by atoms with E-state index in [2.05, 4.69) is 11.1 Å². The van der Waals surface area contributed by atoms with Crippen molar-refractivity contribution < 1.29 is 9.31 Å². The van der Waals surface area contributed by atoms with E-state index in [0.717, 1.165) is 11.2 Å². The molecule has 0 saturated carbocycles. The summed E-state index contributed by atoms with van der Waals surface area (Å²) in [6.07, 6.45) is 2.57. The zero-order chi connectivity index (χ0) is 15.0. The second kappa shape index (κ2) is 5.36. The number of aryl methyl sites for hydroxylation is 1. The Kier molecular flexibility index (Phi) is 4.10. The van der Waals surface area contributed by atoms with Crippen molar-refractivity contribution in [3.05, 3.63) is 23.0 Å². The first-order valence-electron chi connectivity index (χ1n) is 6.64. The van der Waals surface area contributed by atoms with E-state index in [4.69, 9.17) is 26.2 Å². The predicted molar refractivity (Wildman–Crippen MR) is 78.9 cm³/mol. The van der Waals surface area contributed by atoms with Crippen molar-refractivity contribution in [2.75, 3.05) is 0 Å². The maximum Gasteiger partial charge on any atom is 0.498 e. The van der Waals surface area contributed by atoms with Crippen LogP contribution in [0, 0.1) is 11.3 Å². The van der Waals surface area contributed by atoms with Gasteiger partial charge in [0.25, 0.3) is 0 Å². The zero-order valence-corrected chi connectivity index (χ0v) is 13.0. The lowest BCUT2D eigenvalue weighted by Crippen LogP contribution is -2.41. The van der Waals surface area contributed by atoms with Gasteiger partial charge in [-0.25, -0.2) is 0 Å². The summed E-state index contributed by atoms with van der Waals surface area (Å²) in [6, 6.07) is 3.84. The molecule has 0 aliphatic carbocycles. The Labute approximate surface area is 125 Å². The summed E-state index contributed by atoms with van der Waals surface area (Å²) in [6.45, 7) is 7.97. The molecular formula is C14H18BClN2O2. The third-order valence-corrected chi connectivity index (χ3v) is 4.31. The molecule has 1 aromatic heterocycles. The van der Waals surface area contributed by atoms with Gasteiger partial charge in [0.05, 0.1) is 17.3 Å². The molecule has 1 fully saturated rings. The van der Waals surface area contributed by atoms with Crippen LogP contribution in [0.3, 0.4) is 0 Å². The number of nitrogens with zero attached hydrogens (tertiary/aromatic N) is 2. The van der Waals surface area contributed by atoms with Crippen LogP contribution in [0.4, 0.5) is 0 Å². The van der Waals surface area contributed by atoms with Gasteiger partial charge in [0.2, 0.25) is 0 Å². The number of rotatable bonds is 3. The van der Waals surface area contributed by atoms with Crippen LogP contribution in [0.2, 0.25) is 5.02 Å². The zero-order valence-electron chi connectivity index (χ0n) is 12.2. The lowest BCUT2D eigenvalue weighted by atomic mass is 9.77. The minimum atomic E-state index is -0.546. The monoisotopic (exact) mass is 292 g/mol. The summed E-state index contributed by atoms with van der Waals surface area (Å²) in [5.41, 5.74) is 0.646. The van der Waals surface area contributed by atoms with Gasteiger partial charge in [0.1, 0.15) is 0 Å². The molecule has 2 rings (SSSR count). The number of nitriles is 1. The number of aromatic nitrogens is 1. The SMILES string of the molecule is CC1(C)OB(c2c(Cl)ccnc2CCC#N)OC1(C)C. The van der Waals surface area contributed by atoms with Crippen LogP contribution in [-0.2, 0) is 15.7 Å². The smallest absolute Gasteiger partial charge is 0.399 e. The molecule has 2 heterocycles. The van der Waals surface area contributed by atoms with Crippen molar-refractivity contribution in [3.63, 3.8) is 0 Å². The van der Waals surface area contributed by atoms with Gasteiger partial charge in [-0.3, -0.25) is 4.98 Å². The molecule has 1 aliphatic rings. The average molecular weight is 293 g/mol. The van der Waals surface area contributed by atoms with Crippen LogP contribution < -0.4 is 5.46 Å². The van der Waals surface area contributed by atoms with Gasteiger partial charge in [0.15, 0.2) is 0 Å². The van der Waals surface area contributed by atoms with Gasteiger partial charge < -0.3 is 9.31 Å². The Balaban J connectivity index is 2.37. The summed E-state index contributed by atoms with van der Waals surface area (Å²) in [4.78, 5) is 4.32. The second-order valence-corrected chi connectivity index (χ2v) is 6.31. The number of pyridine rings is 1. The van der Waals surface area contributed by atoms with E-state index in [1.807, 2.05) is 27.7 Å². The van der Waals surface area contributed by atoms with E-state index >= 15 is 0 Å². The van der Waals surface area contributed by atoms with E-state index in [1.165, 1.54) is 0 Å². The summed E-state index contributed by atoms with van der Waals surface area (Å²) < 4.78 is 12.0. The third kappa shape index (κ3) is 2.69. The number of hydrogen-bond acceptors (Lipinski definition) is 4. The quantitative estimate of drug-likeness (QED) is 0.803. The predicted octanol–water partition coefficient (Wildman–Crippen LogP) is 2.49. The maximum absolute atomic E-state index is 8.75. The third-order valence-electron chi connectivity index (χ3n) is 3.98. The number of hydrogen-bond donors (Lipinski definition) is 0. The van der Waals surface area contributed by atoms with E-state index in [0.29, 0.717) is 17.9 Å². The normalized spacial score (nSPS) is 19.9. The lowest BCUT2D eigenvalue weighted by molar-refractivity contribution is 0.00578. The van der Waals surface area contributed by atoms with Gasteiger partial charge in [-0.05, 0) is 33.8 Å². The molecule has 0 unspecified atom stereocenters. The Bertz CT molecular complexity index is 539. The number of halogens is 1. The standard InChI is InChI=1S/C14H18BClN2O2/c1-13(2)14(3,4)20-15(19-13)12-10(16)7-9-18-11(12)6-5-8-17/h7,9H,5-6H2,1-4H3. The van der Waals surface area contributed by atoms with Crippen LogP contribution in [0.25, 0.3) is 0 Å². The molecule has 1 saturated heterocycles. The maximum atomic E-state index is 8.75. The van der Waals surface area contributed by atoms with Gasteiger partial charge in [-0.15, -0.1) is 0 Å².